The number of hydrogen-bond acceptors (Lipinski definition) is 2. The molecule has 0 radical (unpaired) electrons. The van der Waals surface area contributed by atoms with E-state index in [2.05, 4.69) is 45.6 Å². The highest BCUT2D eigenvalue weighted by Gasteiger charge is 2.38. The van der Waals surface area contributed by atoms with Gasteiger partial charge >= 0.3 is 0 Å². The van der Waals surface area contributed by atoms with Crippen LogP contribution in [0.4, 0.5) is 0 Å². The van der Waals surface area contributed by atoms with Crippen molar-refractivity contribution >= 4 is 15.9 Å². The predicted octanol–water partition coefficient (Wildman–Crippen LogP) is 3.60. The Morgan fingerprint density at radius 2 is 2.00 bits per heavy atom. The van der Waals surface area contributed by atoms with Crippen LogP contribution in [0, 0.1) is 5.41 Å². The van der Waals surface area contributed by atoms with Gasteiger partial charge in [-0.15, -0.1) is 0 Å². The van der Waals surface area contributed by atoms with Gasteiger partial charge in [0.15, 0.2) is 0 Å². The molecule has 1 fully saturated rings. The molecule has 1 heterocycles. The molecule has 3 heteroatoms. The van der Waals surface area contributed by atoms with Crippen LogP contribution >= 0.6 is 15.9 Å². The average molecular weight is 336 g/mol. The maximum atomic E-state index is 9.68. The van der Waals surface area contributed by atoms with Crippen LogP contribution in [0.5, 0.6) is 0 Å². The van der Waals surface area contributed by atoms with E-state index in [9.17, 15) is 5.11 Å². The highest BCUT2D eigenvalue weighted by atomic mass is 79.9. The first kappa shape index (κ1) is 14.3. The van der Waals surface area contributed by atoms with Gasteiger partial charge < -0.3 is 10.4 Å². The van der Waals surface area contributed by atoms with E-state index in [0.717, 1.165) is 45.2 Å². The summed E-state index contributed by atoms with van der Waals surface area (Å²) in [5.41, 5.74) is 3.17. The van der Waals surface area contributed by atoms with Crippen LogP contribution in [-0.4, -0.2) is 24.3 Å². The summed E-state index contributed by atoms with van der Waals surface area (Å²) in [5.74, 6) is 0. The van der Waals surface area contributed by atoms with Crippen molar-refractivity contribution in [3.63, 3.8) is 0 Å². The minimum Gasteiger partial charge on any atom is -0.389 e. The molecule has 2 aliphatic carbocycles. The van der Waals surface area contributed by atoms with Crippen LogP contribution in [0.25, 0.3) is 0 Å². The average Bonchev–Trinajstić information content (AvgIpc) is 2.49. The molecule has 20 heavy (non-hydrogen) atoms. The first-order valence-electron chi connectivity index (χ1n) is 7.54. The van der Waals surface area contributed by atoms with Gasteiger partial charge in [-0.3, -0.25) is 0 Å². The van der Waals surface area contributed by atoms with E-state index in [-0.39, 0.29) is 11.5 Å². The number of halogens is 1. The molecule has 0 aromatic carbocycles. The van der Waals surface area contributed by atoms with Gasteiger partial charge in [0.25, 0.3) is 0 Å². The van der Waals surface area contributed by atoms with Gasteiger partial charge in [-0.05, 0) is 55.2 Å². The van der Waals surface area contributed by atoms with E-state index in [0.29, 0.717) is 0 Å². The molecular formula is C17H22BrNO. The first-order valence-corrected chi connectivity index (χ1v) is 8.33. The number of aliphatic hydroxyl groups excluding tert-OH is 1. The fraction of sp³-hybridized carbons (Fsp3) is 0.529. The first-order chi connectivity index (χ1) is 9.71. The molecule has 108 valence electrons. The molecule has 0 amide bonds. The van der Waals surface area contributed by atoms with E-state index in [1.54, 1.807) is 5.57 Å². The molecule has 0 bridgehead atoms. The lowest BCUT2D eigenvalue weighted by atomic mass is 9.64. The van der Waals surface area contributed by atoms with E-state index in [4.69, 9.17) is 0 Å². The Balaban J connectivity index is 1.95. The van der Waals surface area contributed by atoms with Gasteiger partial charge in [-0.2, -0.15) is 0 Å². The van der Waals surface area contributed by atoms with Crippen molar-refractivity contribution in [1.29, 1.82) is 0 Å². The molecule has 1 aliphatic heterocycles. The molecule has 3 aliphatic rings. The SMILES string of the molecule is OC1C=CC(C2(C3=CC=C(Br)CC3)CCNCC2)=CC1. The molecule has 2 N–H and O–H groups in total. The fourth-order valence-electron chi connectivity index (χ4n) is 3.62. The Morgan fingerprint density at radius 3 is 2.60 bits per heavy atom. The third kappa shape index (κ3) is 2.72. The van der Waals surface area contributed by atoms with E-state index in [1.165, 1.54) is 10.1 Å². The molecular weight excluding hydrogens is 314 g/mol. The number of aliphatic hydroxyl groups is 1. The van der Waals surface area contributed by atoms with Crippen molar-refractivity contribution < 1.29 is 5.11 Å². The van der Waals surface area contributed by atoms with Gasteiger partial charge in [-0.1, -0.05) is 51.9 Å². The van der Waals surface area contributed by atoms with Crippen LogP contribution in [0.3, 0.4) is 0 Å². The Labute approximate surface area is 129 Å². The van der Waals surface area contributed by atoms with Crippen LogP contribution in [0.1, 0.15) is 32.1 Å². The second-order valence-electron chi connectivity index (χ2n) is 5.96. The second-order valence-corrected chi connectivity index (χ2v) is 6.98. The minimum absolute atomic E-state index is 0.187. The van der Waals surface area contributed by atoms with E-state index in [1.807, 2.05) is 6.08 Å². The molecule has 0 aromatic heterocycles. The van der Waals surface area contributed by atoms with Gasteiger partial charge in [0, 0.05) is 5.41 Å². The molecule has 1 atom stereocenters. The molecule has 0 spiro atoms. The molecule has 1 saturated heterocycles. The fourth-order valence-corrected chi connectivity index (χ4v) is 3.95. The van der Waals surface area contributed by atoms with Gasteiger partial charge in [0.2, 0.25) is 0 Å². The monoisotopic (exact) mass is 335 g/mol. The molecule has 1 unspecified atom stereocenters. The van der Waals surface area contributed by atoms with Gasteiger partial charge in [0.1, 0.15) is 0 Å². The Kier molecular flexibility index (Phi) is 4.29. The molecule has 2 nitrogen and oxygen atoms in total. The summed E-state index contributed by atoms with van der Waals surface area (Å²) in [7, 11) is 0. The van der Waals surface area contributed by atoms with Crippen LogP contribution in [0.15, 0.2) is 46.0 Å². The van der Waals surface area contributed by atoms with Crippen molar-refractivity contribution in [2.45, 2.75) is 38.2 Å². The highest BCUT2D eigenvalue weighted by molar-refractivity contribution is 9.11. The topological polar surface area (TPSA) is 32.3 Å². The van der Waals surface area contributed by atoms with Crippen LogP contribution < -0.4 is 5.32 Å². The standard InChI is InChI=1S/C17H22BrNO/c18-15-5-1-13(2-6-15)17(9-11-19-12-10-17)14-3-7-16(20)8-4-14/h1,3-5,7,16,19-20H,2,6,8-12H2. The normalized spacial score (nSPS) is 29.5. The zero-order valence-corrected chi connectivity index (χ0v) is 13.3. The maximum Gasteiger partial charge on any atom is 0.0758 e. The quantitative estimate of drug-likeness (QED) is 0.808. The third-order valence-corrected chi connectivity index (χ3v) is 5.46. The summed E-state index contributed by atoms with van der Waals surface area (Å²) in [6, 6.07) is 0. The van der Waals surface area contributed by atoms with E-state index >= 15 is 0 Å². The molecule has 0 saturated carbocycles. The minimum atomic E-state index is -0.299. The van der Waals surface area contributed by atoms with Gasteiger partial charge in [0.05, 0.1) is 6.10 Å². The summed E-state index contributed by atoms with van der Waals surface area (Å²) in [4.78, 5) is 0. The summed E-state index contributed by atoms with van der Waals surface area (Å²) in [6.45, 7) is 2.16. The van der Waals surface area contributed by atoms with Gasteiger partial charge in [-0.25, -0.2) is 0 Å². The zero-order chi connectivity index (χ0) is 14.0. The summed E-state index contributed by atoms with van der Waals surface area (Å²) in [6.07, 6.45) is 15.9. The zero-order valence-electron chi connectivity index (χ0n) is 11.7. The number of rotatable bonds is 2. The van der Waals surface area contributed by atoms with Crippen molar-refractivity contribution in [3.05, 3.63) is 46.0 Å². The van der Waals surface area contributed by atoms with Crippen LogP contribution in [0.2, 0.25) is 0 Å². The largest absolute Gasteiger partial charge is 0.389 e. The Hall–Kier alpha value is -0.640. The molecule has 3 rings (SSSR count). The Morgan fingerprint density at radius 1 is 1.20 bits per heavy atom. The lowest BCUT2D eigenvalue weighted by Crippen LogP contribution is -2.39. The second kappa shape index (κ2) is 6.00. The summed E-state index contributed by atoms with van der Waals surface area (Å²) >= 11 is 3.60. The summed E-state index contributed by atoms with van der Waals surface area (Å²) < 4.78 is 1.30. The van der Waals surface area contributed by atoms with Crippen molar-refractivity contribution in [2.24, 2.45) is 5.41 Å². The Bertz CT molecular complexity index is 495. The maximum absolute atomic E-state index is 9.68. The lowest BCUT2D eigenvalue weighted by Gasteiger charge is -2.43. The smallest absolute Gasteiger partial charge is 0.0758 e. The highest BCUT2D eigenvalue weighted by Crippen LogP contribution is 2.48. The third-order valence-electron chi connectivity index (χ3n) is 4.80. The van der Waals surface area contributed by atoms with Crippen molar-refractivity contribution in [3.8, 4) is 0 Å². The van der Waals surface area contributed by atoms with Crippen molar-refractivity contribution in [1.82, 2.24) is 5.32 Å². The van der Waals surface area contributed by atoms with E-state index < -0.39 is 0 Å². The predicted molar refractivity (Wildman–Crippen MR) is 86.7 cm³/mol. The number of hydrogen-bond donors (Lipinski definition) is 2. The van der Waals surface area contributed by atoms with Crippen molar-refractivity contribution in [2.75, 3.05) is 13.1 Å². The number of piperidine rings is 1. The lowest BCUT2D eigenvalue weighted by molar-refractivity contribution is 0.221. The number of nitrogens with one attached hydrogen (secondary N) is 1. The summed E-state index contributed by atoms with van der Waals surface area (Å²) in [5, 5.41) is 13.2. The van der Waals surface area contributed by atoms with Crippen LogP contribution in [-0.2, 0) is 0 Å². The number of allylic oxidation sites excluding steroid dienone is 6. The molecule has 0 aromatic rings.